The molecule has 2 N–H and O–H groups in total. The molecule has 6 heterocycles. The lowest BCUT2D eigenvalue weighted by Gasteiger charge is -2.28. The molecular weight excluding hydrogens is 440 g/mol. The van der Waals surface area contributed by atoms with Crippen molar-refractivity contribution in [3.05, 3.63) is 60.7 Å². The third kappa shape index (κ3) is 4.12. The standard InChI is InChI=1S/C26H28N8O/c27-24-23(22-7-1-2-10-28-22)25-30-15-19(16-34(25)31-24)21-9-8-18(14-29-21)26(35)33-13-5-6-20(33)17-32-11-3-4-12-32/h1-2,7-10,14-16,20H,3-6,11-13,17H2,(H2,27,31)/t20-/m1/s1. The smallest absolute Gasteiger partial charge is 0.255 e. The van der Waals surface area contributed by atoms with Crippen molar-refractivity contribution in [1.29, 1.82) is 0 Å². The van der Waals surface area contributed by atoms with Gasteiger partial charge < -0.3 is 15.5 Å². The third-order valence-electron chi connectivity index (χ3n) is 7.03. The number of fused-ring (bicyclic) bond motifs is 1. The summed E-state index contributed by atoms with van der Waals surface area (Å²) in [6, 6.07) is 9.67. The first-order valence-corrected chi connectivity index (χ1v) is 12.2. The predicted molar refractivity (Wildman–Crippen MR) is 134 cm³/mol. The lowest BCUT2D eigenvalue weighted by molar-refractivity contribution is 0.0708. The molecule has 4 aromatic heterocycles. The molecular formula is C26H28N8O. The molecule has 2 saturated heterocycles. The van der Waals surface area contributed by atoms with Gasteiger partial charge in [-0.2, -0.15) is 0 Å². The number of pyridine rings is 2. The quantitative estimate of drug-likeness (QED) is 0.480. The van der Waals surface area contributed by atoms with Crippen LogP contribution in [0.2, 0.25) is 0 Å². The molecule has 0 spiro atoms. The van der Waals surface area contributed by atoms with Crippen LogP contribution in [0.15, 0.2) is 55.1 Å². The fourth-order valence-corrected chi connectivity index (χ4v) is 5.25. The zero-order valence-corrected chi connectivity index (χ0v) is 19.5. The van der Waals surface area contributed by atoms with E-state index in [0.717, 1.165) is 56.0 Å². The van der Waals surface area contributed by atoms with Gasteiger partial charge in [0.25, 0.3) is 5.91 Å². The fourth-order valence-electron chi connectivity index (χ4n) is 5.25. The number of aromatic nitrogens is 5. The molecule has 6 rings (SSSR count). The van der Waals surface area contributed by atoms with Crippen LogP contribution >= 0.6 is 0 Å². The molecule has 0 aliphatic carbocycles. The SMILES string of the molecule is Nc1nn2cc(-c3ccc(C(=O)N4CCC[C@@H]4CN4CCCC4)cn3)cnc2c1-c1ccccn1. The summed E-state index contributed by atoms with van der Waals surface area (Å²) in [5.74, 6) is 0.440. The van der Waals surface area contributed by atoms with E-state index in [1.54, 1.807) is 23.1 Å². The van der Waals surface area contributed by atoms with E-state index in [0.29, 0.717) is 28.6 Å². The number of nitrogen functional groups attached to an aromatic ring is 1. The second kappa shape index (κ2) is 9.07. The summed E-state index contributed by atoms with van der Waals surface area (Å²) in [6.07, 6.45) is 11.7. The Morgan fingerprint density at radius 2 is 1.86 bits per heavy atom. The van der Waals surface area contributed by atoms with Crippen LogP contribution < -0.4 is 5.73 Å². The second-order valence-electron chi connectivity index (χ2n) is 9.32. The Labute approximate surface area is 203 Å². The molecule has 2 fully saturated rings. The molecule has 4 aromatic rings. The van der Waals surface area contributed by atoms with E-state index in [1.807, 2.05) is 41.4 Å². The van der Waals surface area contributed by atoms with Crippen LogP contribution in [0.5, 0.6) is 0 Å². The van der Waals surface area contributed by atoms with Crippen molar-refractivity contribution in [3.63, 3.8) is 0 Å². The molecule has 35 heavy (non-hydrogen) atoms. The summed E-state index contributed by atoms with van der Waals surface area (Å²) >= 11 is 0. The molecule has 0 radical (unpaired) electrons. The minimum atomic E-state index is 0.0687. The summed E-state index contributed by atoms with van der Waals surface area (Å²) < 4.78 is 1.66. The van der Waals surface area contributed by atoms with E-state index in [-0.39, 0.29) is 5.91 Å². The molecule has 1 amide bonds. The van der Waals surface area contributed by atoms with E-state index in [1.165, 1.54) is 12.8 Å². The highest BCUT2D eigenvalue weighted by molar-refractivity contribution is 5.94. The first-order valence-electron chi connectivity index (χ1n) is 12.2. The van der Waals surface area contributed by atoms with Gasteiger partial charge in [-0.25, -0.2) is 9.50 Å². The first kappa shape index (κ1) is 21.7. The highest BCUT2D eigenvalue weighted by Crippen LogP contribution is 2.29. The second-order valence-corrected chi connectivity index (χ2v) is 9.32. The highest BCUT2D eigenvalue weighted by Gasteiger charge is 2.31. The summed E-state index contributed by atoms with van der Waals surface area (Å²) in [5.41, 5.74) is 10.4. The van der Waals surface area contributed by atoms with Crippen LogP contribution in [0.25, 0.3) is 28.2 Å². The van der Waals surface area contributed by atoms with Gasteiger partial charge in [-0.15, -0.1) is 5.10 Å². The van der Waals surface area contributed by atoms with Crippen LogP contribution in [0.1, 0.15) is 36.0 Å². The van der Waals surface area contributed by atoms with Gasteiger partial charge in [-0.05, 0) is 63.0 Å². The van der Waals surface area contributed by atoms with Crippen LogP contribution in [0.3, 0.4) is 0 Å². The molecule has 1 atom stereocenters. The van der Waals surface area contributed by atoms with Crippen LogP contribution in [-0.4, -0.2) is 72.5 Å². The van der Waals surface area contributed by atoms with Crippen molar-refractivity contribution in [2.75, 3.05) is 31.9 Å². The maximum atomic E-state index is 13.2. The Bertz CT molecular complexity index is 1350. The minimum absolute atomic E-state index is 0.0687. The molecule has 9 heteroatoms. The van der Waals surface area contributed by atoms with Crippen molar-refractivity contribution in [2.45, 2.75) is 31.7 Å². The molecule has 0 aromatic carbocycles. The van der Waals surface area contributed by atoms with Crippen molar-refractivity contribution in [1.82, 2.24) is 34.4 Å². The van der Waals surface area contributed by atoms with Crippen molar-refractivity contribution in [2.24, 2.45) is 0 Å². The number of nitrogens with two attached hydrogens (primary N) is 1. The number of nitrogens with zero attached hydrogens (tertiary/aromatic N) is 7. The van der Waals surface area contributed by atoms with Gasteiger partial charge in [0.1, 0.15) is 0 Å². The summed E-state index contributed by atoms with van der Waals surface area (Å²) in [6.45, 7) is 4.10. The summed E-state index contributed by atoms with van der Waals surface area (Å²) in [7, 11) is 0. The van der Waals surface area contributed by atoms with E-state index < -0.39 is 0 Å². The van der Waals surface area contributed by atoms with Crippen LogP contribution in [0, 0.1) is 0 Å². The van der Waals surface area contributed by atoms with Gasteiger partial charge in [0.15, 0.2) is 11.5 Å². The molecule has 0 bridgehead atoms. The molecule has 0 saturated carbocycles. The highest BCUT2D eigenvalue weighted by atomic mass is 16.2. The van der Waals surface area contributed by atoms with Gasteiger partial charge in [-0.3, -0.25) is 14.8 Å². The van der Waals surface area contributed by atoms with E-state index in [4.69, 9.17) is 5.73 Å². The number of rotatable bonds is 5. The van der Waals surface area contributed by atoms with E-state index in [2.05, 4.69) is 25.0 Å². The largest absolute Gasteiger partial charge is 0.382 e. The third-order valence-corrected chi connectivity index (χ3v) is 7.03. The number of carbonyl (C=O) groups is 1. The summed E-state index contributed by atoms with van der Waals surface area (Å²) in [4.78, 5) is 31.3. The fraction of sp³-hybridized carbons (Fsp3) is 0.346. The maximum absolute atomic E-state index is 13.2. The Morgan fingerprint density at radius 3 is 2.63 bits per heavy atom. The van der Waals surface area contributed by atoms with E-state index in [9.17, 15) is 4.79 Å². The number of carbonyl (C=O) groups excluding carboxylic acids is 1. The van der Waals surface area contributed by atoms with Gasteiger partial charge in [0.05, 0.1) is 22.5 Å². The number of anilines is 1. The Kier molecular flexibility index (Phi) is 5.61. The lowest BCUT2D eigenvalue weighted by Crippen LogP contribution is -2.42. The number of likely N-dealkylation sites (tertiary alicyclic amines) is 2. The first-order chi connectivity index (χ1) is 17.2. The Hall–Kier alpha value is -3.85. The van der Waals surface area contributed by atoms with E-state index >= 15 is 0 Å². The van der Waals surface area contributed by atoms with Crippen LogP contribution in [-0.2, 0) is 0 Å². The monoisotopic (exact) mass is 468 g/mol. The number of amides is 1. The van der Waals surface area contributed by atoms with Crippen molar-refractivity contribution < 1.29 is 4.79 Å². The number of hydrogen-bond acceptors (Lipinski definition) is 7. The predicted octanol–water partition coefficient (Wildman–Crippen LogP) is 3.14. The zero-order valence-electron chi connectivity index (χ0n) is 19.5. The van der Waals surface area contributed by atoms with Crippen molar-refractivity contribution in [3.8, 4) is 22.5 Å². The van der Waals surface area contributed by atoms with Gasteiger partial charge in [0, 0.05) is 49.5 Å². The normalized spacial score (nSPS) is 18.5. The average molecular weight is 469 g/mol. The molecule has 178 valence electrons. The van der Waals surface area contributed by atoms with Crippen molar-refractivity contribution >= 4 is 17.4 Å². The molecule has 9 nitrogen and oxygen atoms in total. The average Bonchev–Trinajstić information content (AvgIpc) is 3.64. The maximum Gasteiger partial charge on any atom is 0.255 e. The van der Waals surface area contributed by atoms with Gasteiger partial charge in [-0.1, -0.05) is 6.07 Å². The number of hydrogen-bond donors (Lipinski definition) is 1. The van der Waals surface area contributed by atoms with Gasteiger partial charge >= 0.3 is 0 Å². The van der Waals surface area contributed by atoms with Gasteiger partial charge in [0.2, 0.25) is 0 Å². The Morgan fingerprint density at radius 1 is 0.971 bits per heavy atom. The topological polar surface area (TPSA) is 106 Å². The van der Waals surface area contributed by atoms with Crippen LogP contribution in [0.4, 0.5) is 5.82 Å². The summed E-state index contributed by atoms with van der Waals surface area (Å²) in [5, 5.41) is 4.42. The molecule has 2 aliphatic rings. The Balaban J connectivity index is 1.22. The molecule has 2 aliphatic heterocycles. The lowest BCUT2D eigenvalue weighted by atomic mass is 10.1. The minimum Gasteiger partial charge on any atom is -0.382 e. The molecule has 0 unspecified atom stereocenters. The zero-order chi connectivity index (χ0) is 23.8.